The number of likely N-dealkylation sites (tertiary alicyclic amines) is 1. The summed E-state index contributed by atoms with van der Waals surface area (Å²) in [7, 11) is 0. The van der Waals surface area contributed by atoms with Gasteiger partial charge in [0.1, 0.15) is 11.8 Å². The first kappa shape index (κ1) is 16.3. The molecule has 2 atom stereocenters. The van der Waals surface area contributed by atoms with Gasteiger partial charge in [-0.15, -0.1) is 0 Å². The largest absolute Gasteiger partial charge is 0.444 e. The van der Waals surface area contributed by atoms with E-state index in [1.165, 1.54) is 12.0 Å². The van der Waals surface area contributed by atoms with E-state index in [9.17, 15) is 4.79 Å². The minimum Gasteiger partial charge on any atom is -0.444 e. The summed E-state index contributed by atoms with van der Waals surface area (Å²) in [4.78, 5) is 13.9. The highest BCUT2D eigenvalue weighted by Crippen LogP contribution is 2.30. The van der Waals surface area contributed by atoms with Crippen molar-refractivity contribution in [3.05, 3.63) is 18.0 Å². The van der Waals surface area contributed by atoms with Gasteiger partial charge in [0.15, 0.2) is 0 Å². The maximum absolute atomic E-state index is 12.2. The molecule has 0 radical (unpaired) electrons. The molecule has 2 aliphatic rings. The fourth-order valence-electron chi connectivity index (χ4n) is 3.18. The fraction of sp³-hybridized carbons (Fsp3) is 0.765. The summed E-state index contributed by atoms with van der Waals surface area (Å²) in [5, 5.41) is 4.47. The highest BCUT2D eigenvalue weighted by molar-refractivity contribution is 5.68. The third-order valence-corrected chi connectivity index (χ3v) is 4.38. The van der Waals surface area contributed by atoms with Gasteiger partial charge in [-0.25, -0.2) is 9.48 Å². The van der Waals surface area contributed by atoms with Gasteiger partial charge in [-0.3, -0.25) is 0 Å². The first-order valence-electron chi connectivity index (χ1n) is 8.56. The number of amides is 1. The van der Waals surface area contributed by atoms with Crippen LogP contribution in [0.2, 0.25) is 0 Å². The van der Waals surface area contributed by atoms with Crippen molar-refractivity contribution >= 4 is 6.09 Å². The summed E-state index contributed by atoms with van der Waals surface area (Å²) >= 11 is 0. The second-order valence-corrected chi connectivity index (χ2v) is 7.49. The zero-order valence-corrected chi connectivity index (χ0v) is 14.3. The van der Waals surface area contributed by atoms with Gasteiger partial charge < -0.3 is 14.4 Å². The Morgan fingerprint density at radius 2 is 2.17 bits per heavy atom. The van der Waals surface area contributed by atoms with Crippen molar-refractivity contribution in [3.8, 4) is 0 Å². The van der Waals surface area contributed by atoms with Gasteiger partial charge >= 0.3 is 6.09 Å². The van der Waals surface area contributed by atoms with Gasteiger partial charge in [-0.1, -0.05) is 0 Å². The van der Waals surface area contributed by atoms with Gasteiger partial charge in [0, 0.05) is 31.8 Å². The number of nitrogens with zero attached hydrogens (tertiary/aromatic N) is 3. The Labute approximate surface area is 137 Å². The van der Waals surface area contributed by atoms with Crippen LogP contribution in [0.3, 0.4) is 0 Å². The average Bonchev–Trinajstić information content (AvgIpc) is 3.16. The van der Waals surface area contributed by atoms with E-state index in [-0.39, 0.29) is 12.3 Å². The third-order valence-electron chi connectivity index (χ3n) is 4.38. The number of ether oxygens (including phenoxy) is 2. The lowest BCUT2D eigenvalue weighted by Gasteiger charge is -2.24. The zero-order valence-electron chi connectivity index (χ0n) is 14.3. The molecule has 2 unspecified atom stereocenters. The van der Waals surface area contributed by atoms with E-state index >= 15 is 0 Å². The molecule has 0 bridgehead atoms. The summed E-state index contributed by atoms with van der Waals surface area (Å²) in [6, 6.07) is 0. The number of rotatable bonds is 2. The van der Waals surface area contributed by atoms with Crippen LogP contribution >= 0.6 is 0 Å². The van der Waals surface area contributed by atoms with Crippen molar-refractivity contribution in [2.24, 2.45) is 0 Å². The monoisotopic (exact) mass is 321 g/mol. The van der Waals surface area contributed by atoms with Crippen LogP contribution in [0.15, 0.2) is 12.4 Å². The van der Waals surface area contributed by atoms with E-state index in [1.807, 2.05) is 31.6 Å². The van der Waals surface area contributed by atoms with E-state index in [2.05, 4.69) is 11.3 Å². The van der Waals surface area contributed by atoms with Crippen LogP contribution in [-0.4, -0.2) is 46.1 Å². The number of carbonyl (C=O) groups excluding carboxylic acids is 1. The van der Waals surface area contributed by atoms with E-state index in [1.54, 1.807) is 4.90 Å². The van der Waals surface area contributed by atoms with Crippen molar-refractivity contribution in [2.45, 2.75) is 64.2 Å². The molecule has 1 amide bonds. The number of hydrogen-bond donors (Lipinski definition) is 0. The number of hydrogen-bond acceptors (Lipinski definition) is 4. The Bertz CT molecular complexity index is 544. The standard InChI is InChI=1S/C17H27N3O3/c1-17(2,3)23-16(21)19-8-7-13(11-19)14-10-18-20(12-14)15-6-4-5-9-22-15/h10,12-13,15H,4-9,11H2,1-3H3. The smallest absolute Gasteiger partial charge is 0.410 e. The molecule has 1 aromatic rings. The lowest BCUT2D eigenvalue weighted by Crippen LogP contribution is -2.35. The summed E-state index contributed by atoms with van der Waals surface area (Å²) in [6.45, 7) is 7.94. The van der Waals surface area contributed by atoms with Gasteiger partial charge in [0.05, 0.1) is 6.20 Å². The summed E-state index contributed by atoms with van der Waals surface area (Å²) in [5.74, 6) is 0.333. The molecule has 128 valence electrons. The third kappa shape index (κ3) is 4.05. The highest BCUT2D eigenvalue weighted by Gasteiger charge is 2.31. The zero-order chi connectivity index (χ0) is 16.4. The molecule has 3 heterocycles. The molecule has 0 saturated carbocycles. The van der Waals surface area contributed by atoms with Gasteiger partial charge in [-0.05, 0) is 52.0 Å². The Morgan fingerprint density at radius 3 is 2.87 bits per heavy atom. The van der Waals surface area contributed by atoms with E-state index < -0.39 is 5.60 Å². The molecule has 6 nitrogen and oxygen atoms in total. The molecule has 2 saturated heterocycles. The second kappa shape index (κ2) is 6.51. The molecule has 2 aliphatic heterocycles. The topological polar surface area (TPSA) is 56.6 Å². The number of carbonyl (C=O) groups is 1. The van der Waals surface area contributed by atoms with Crippen molar-refractivity contribution in [1.29, 1.82) is 0 Å². The van der Waals surface area contributed by atoms with E-state index in [0.29, 0.717) is 12.5 Å². The molecule has 0 spiro atoms. The molecule has 6 heteroatoms. The number of aromatic nitrogens is 2. The molecule has 23 heavy (non-hydrogen) atoms. The predicted molar refractivity (Wildman–Crippen MR) is 86.2 cm³/mol. The van der Waals surface area contributed by atoms with Gasteiger partial charge in [0.25, 0.3) is 0 Å². The maximum atomic E-state index is 12.2. The fourth-order valence-corrected chi connectivity index (χ4v) is 3.18. The Morgan fingerprint density at radius 1 is 1.35 bits per heavy atom. The van der Waals surface area contributed by atoms with Gasteiger partial charge in [0.2, 0.25) is 0 Å². The molecular weight excluding hydrogens is 294 g/mol. The van der Waals surface area contributed by atoms with Gasteiger partial charge in [-0.2, -0.15) is 5.10 Å². The van der Waals surface area contributed by atoms with Crippen LogP contribution in [-0.2, 0) is 9.47 Å². The van der Waals surface area contributed by atoms with Crippen LogP contribution in [0.5, 0.6) is 0 Å². The normalized spacial score (nSPS) is 25.6. The second-order valence-electron chi connectivity index (χ2n) is 7.49. The lowest BCUT2D eigenvalue weighted by atomic mass is 10.0. The summed E-state index contributed by atoms with van der Waals surface area (Å²) in [6.07, 6.45) is 8.16. The first-order chi connectivity index (χ1) is 10.9. The Hall–Kier alpha value is -1.56. The Balaban J connectivity index is 1.59. The van der Waals surface area contributed by atoms with E-state index in [0.717, 1.165) is 32.4 Å². The molecule has 0 aliphatic carbocycles. The molecule has 1 aromatic heterocycles. The SMILES string of the molecule is CC(C)(C)OC(=O)N1CCC(c2cnn(C3CCCCO3)c2)C1. The van der Waals surface area contributed by atoms with Crippen LogP contribution in [0, 0.1) is 0 Å². The molecule has 3 rings (SSSR count). The van der Waals surface area contributed by atoms with Crippen LogP contribution in [0.25, 0.3) is 0 Å². The summed E-state index contributed by atoms with van der Waals surface area (Å²) < 4.78 is 13.2. The lowest BCUT2D eigenvalue weighted by molar-refractivity contribution is -0.0395. The van der Waals surface area contributed by atoms with Crippen LogP contribution < -0.4 is 0 Å². The minimum absolute atomic E-state index is 0.0702. The van der Waals surface area contributed by atoms with Crippen molar-refractivity contribution in [2.75, 3.05) is 19.7 Å². The Kier molecular flexibility index (Phi) is 4.62. The average molecular weight is 321 g/mol. The minimum atomic E-state index is -0.446. The van der Waals surface area contributed by atoms with Crippen molar-refractivity contribution < 1.29 is 14.3 Å². The van der Waals surface area contributed by atoms with Crippen LogP contribution in [0.1, 0.15) is 64.2 Å². The maximum Gasteiger partial charge on any atom is 0.410 e. The van der Waals surface area contributed by atoms with Crippen LogP contribution in [0.4, 0.5) is 4.79 Å². The highest BCUT2D eigenvalue weighted by atomic mass is 16.6. The molecule has 2 fully saturated rings. The quantitative estimate of drug-likeness (QED) is 0.838. The first-order valence-corrected chi connectivity index (χ1v) is 8.56. The predicted octanol–water partition coefficient (Wildman–Crippen LogP) is 3.31. The van der Waals surface area contributed by atoms with Crippen molar-refractivity contribution in [1.82, 2.24) is 14.7 Å². The molecular formula is C17H27N3O3. The molecule has 0 aromatic carbocycles. The molecule has 0 N–H and O–H groups in total. The summed E-state index contributed by atoms with van der Waals surface area (Å²) in [5.41, 5.74) is 0.739. The van der Waals surface area contributed by atoms with E-state index in [4.69, 9.17) is 9.47 Å². The van der Waals surface area contributed by atoms with Crippen molar-refractivity contribution in [3.63, 3.8) is 0 Å².